The molecule has 0 aliphatic carbocycles. The number of hydrogen-bond donors (Lipinski definition) is 1. The Bertz CT molecular complexity index is 482. The zero-order chi connectivity index (χ0) is 10.8. The van der Waals surface area contributed by atoms with E-state index in [1.54, 1.807) is 12.3 Å². The van der Waals surface area contributed by atoms with Gasteiger partial charge in [0.2, 0.25) is 0 Å². The normalized spacial score (nSPS) is 13.0. The number of halogens is 1. The molecular formula is C11H12FN3. The molecule has 2 N–H and O–H groups in total. The van der Waals surface area contributed by atoms with Crippen LogP contribution in [0.4, 0.5) is 4.39 Å². The first-order valence-corrected chi connectivity index (χ1v) is 4.82. The smallest absolute Gasteiger partial charge is 0.130 e. The van der Waals surface area contributed by atoms with E-state index in [2.05, 4.69) is 9.97 Å². The van der Waals surface area contributed by atoms with Crippen LogP contribution >= 0.6 is 0 Å². The largest absolute Gasteiger partial charge is 0.328 e. The topological polar surface area (TPSA) is 51.8 Å². The van der Waals surface area contributed by atoms with Crippen molar-refractivity contribution in [1.29, 1.82) is 0 Å². The molecule has 0 radical (unpaired) electrons. The van der Waals surface area contributed by atoms with Crippen molar-refractivity contribution in [2.24, 2.45) is 5.73 Å². The molecule has 1 aromatic heterocycles. The highest BCUT2D eigenvalue weighted by molar-refractivity contribution is 5.77. The van der Waals surface area contributed by atoms with E-state index in [1.807, 2.05) is 6.92 Å². The van der Waals surface area contributed by atoms with E-state index in [9.17, 15) is 4.39 Å². The molecule has 2 aromatic rings. The lowest BCUT2D eigenvalue weighted by Crippen LogP contribution is -2.19. The summed E-state index contributed by atoms with van der Waals surface area (Å²) in [5.41, 5.74) is 6.40. The molecule has 0 aliphatic rings. The number of nitrogens with zero attached hydrogens (tertiary/aromatic N) is 2. The van der Waals surface area contributed by atoms with Gasteiger partial charge in [-0.05, 0) is 25.1 Å². The Balaban J connectivity index is 2.43. The average Bonchev–Trinajstić information content (AvgIpc) is 2.17. The second kappa shape index (κ2) is 3.90. The van der Waals surface area contributed by atoms with Gasteiger partial charge in [0.25, 0.3) is 0 Å². The summed E-state index contributed by atoms with van der Waals surface area (Å²) in [7, 11) is 0. The molecule has 0 fully saturated rings. The molecule has 1 atom stereocenters. The Labute approximate surface area is 87.2 Å². The average molecular weight is 205 g/mol. The maximum atomic E-state index is 12.9. The molecule has 1 heterocycles. The Morgan fingerprint density at radius 3 is 3.00 bits per heavy atom. The Morgan fingerprint density at radius 2 is 2.27 bits per heavy atom. The highest BCUT2D eigenvalue weighted by Crippen LogP contribution is 2.12. The van der Waals surface area contributed by atoms with Crippen LogP contribution in [0.15, 0.2) is 24.4 Å². The van der Waals surface area contributed by atoms with E-state index in [-0.39, 0.29) is 11.9 Å². The molecule has 1 unspecified atom stereocenters. The van der Waals surface area contributed by atoms with E-state index in [0.29, 0.717) is 17.6 Å². The SMILES string of the molecule is CC(N)Cc1ncc2cc(F)ccc2n1. The third-order valence-corrected chi connectivity index (χ3v) is 2.10. The van der Waals surface area contributed by atoms with Crippen LogP contribution in [0, 0.1) is 5.82 Å². The van der Waals surface area contributed by atoms with Crippen molar-refractivity contribution >= 4 is 10.9 Å². The summed E-state index contributed by atoms with van der Waals surface area (Å²) in [5.74, 6) is 0.426. The van der Waals surface area contributed by atoms with Gasteiger partial charge in [0.05, 0.1) is 5.52 Å². The van der Waals surface area contributed by atoms with Gasteiger partial charge in [-0.2, -0.15) is 0 Å². The van der Waals surface area contributed by atoms with Crippen LogP contribution in [0.25, 0.3) is 10.9 Å². The quantitative estimate of drug-likeness (QED) is 0.811. The Kier molecular flexibility index (Phi) is 2.60. The minimum absolute atomic E-state index is 0.0305. The van der Waals surface area contributed by atoms with Gasteiger partial charge in [-0.15, -0.1) is 0 Å². The molecule has 3 nitrogen and oxygen atoms in total. The van der Waals surface area contributed by atoms with Gasteiger partial charge in [0.15, 0.2) is 0 Å². The van der Waals surface area contributed by atoms with Crippen LogP contribution in [0.1, 0.15) is 12.7 Å². The lowest BCUT2D eigenvalue weighted by Gasteiger charge is -2.04. The summed E-state index contributed by atoms with van der Waals surface area (Å²) in [5, 5.41) is 0.712. The number of fused-ring (bicyclic) bond motifs is 1. The highest BCUT2D eigenvalue weighted by atomic mass is 19.1. The third-order valence-electron chi connectivity index (χ3n) is 2.10. The van der Waals surface area contributed by atoms with E-state index >= 15 is 0 Å². The van der Waals surface area contributed by atoms with Gasteiger partial charge in [0, 0.05) is 24.0 Å². The fourth-order valence-electron chi connectivity index (χ4n) is 1.43. The molecule has 1 aromatic carbocycles. The van der Waals surface area contributed by atoms with Crippen molar-refractivity contribution in [2.75, 3.05) is 0 Å². The number of aromatic nitrogens is 2. The monoisotopic (exact) mass is 205 g/mol. The molecule has 0 bridgehead atoms. The van der Waals surface area contributed by atoms with Gasteiger partial charge in [0.1, 0.15) is 11.6 Å². The predicted octanol–water partition coefficient (Wildman–Crippen LogP) is 1.66. The standard InChI is InChI=1S/C11H12FN3/c1-7(13)4-11-14-6-8-5-9(12)2-3-10(8)15-11/h2-3,5-7H,4,13H2,1H3. The molecule has 0 amide bonds. The van der Waals surface area contributed by atoms with Crippen molar-refractivity contribution in [3.05, 3.63) is 36.0 Å². The van der Waals surface area contributed by atoms with Gasteiger partial charge in [-0.3, -0.25) is 0 Å². The fraction of sp³-hybridized carbons (Fsp3) is 0.273. The maximum Gasteiger partial charge on any atom is 0.130 e. The molecule has 0 saturated heterocycles. The first-order chi connectivity index (χ1) is 7.15. The zero-order valence-corrected chi connectivity index (χ0v) is 8.44. The lowest BCUT2D eigenvalue weighted by molar-refractivity contribution is 0.629. The van der Waals surface area contributed by atoms with Crippen LogP contribution in [0.2, 0.25) is 0 Å². The lowest BCUT2D eigenvalue weighted by atomic mass is 10.2. The van der Waals surface area contributed by atoms with Gasteiger partial charge in [-0.1, -0.05) is 0 Å². The van der Waals surface area contributed by atoms with Crippen molar-refractivity contribution < 1.29 is 4.39 Å². The van der Waals surface area contributed by atoms with Crippen molar-refractivity contribution in [2.45, 2.75) is 19.4 Å². The maximum absolute atomic E-state index is 12.9. The fourth-order valence-corrected chi connectivity index (χ4v) is 1.43. The second-order valence-electron chi connectivity index (χ2n) is 3.67. The molecular weight excluding hydrogens is 193 g/mol. The summed E-state index contributed by atoms with van der Waals surface area (Å²) in [6, 6.07) is 4.50. The molecule has 2 rings (SSSR count). The van der Waals surface area contributed by atoms with E-state index in [4.69, 9.17) is 5.73 Å². The van der Waals surface area contributed by atoms with Crippen LogP contribution in [-0.4, -0.2) is 16.0 Å². The first-order valence-electron chi connectivity index (χ1n) is 4.82. The number of nitrogens with two attached hydrogens (primary N) is 1. The third kappa shape index (κ3) is 2.27. The number of benzene rings is 1. The van der Waals surface area contributed by atoms with Crippen LogP contribution in [0.5, 0.6) is 0 Å². The predicted molar refractivity (Wildman–Crippen MR) is 56.8 cm³/mol. The second-order valence-corrected chi connectivity index (χ2v) is 3.67. The van der Waals surface area contributed by atoms with Crippen molar-refractivity contribution in [3.63, 3.8) is 0 Å². The minimum Gasteiger partial charge on any atom is -0.328 e. The molecule has 4 heteroatoms. The van der Waals surface area contributed by atoms with Crippen LogP contribution in [0.3, 0.4) is 0 Å². The van der Waals surface area contributed by atoms with Gasteiger partial charge < -0.3 is 5.73 Å². The first kappa shape index (κ1) is 9.98. The van der Waals surface area contributed by atoms with E-state index in [0.717, 1.165) is 5.52 Å². The Hall–Kier alpha value is -1.55. The molecule has 15 heavy (non-hydrogen) atoms. The molecule has 78 valence electrons. The zero-order valence-electron chi connectivity index (χ0n) is 8.44. The summed E-state index contributed by atoms with van der Waals surface area (Å²) in [6.07, 6.45) is 2.26. The molecule has 0 aliphatic heterocycles. The number of rotatable bonds is 2. The summed E-state index contributed by atoms with van der Waals surface area (Å²) < 4.78 is 12.9. The van der Waals surface area contributed by atoms with Gasteiger partial charge >= 0.3 is 0 Å². The summed E-state index contributed by atoms with van der Waals surface area (Å²) in [6.45, 7) is 1.90. The Morgan fingerprint density at radius 1 is 1.47 bits per heavy atom. The van der Waals surface area contributed by atoms with Crippen LogP contribution < -0.4 is 5.73 Å². The highest BCUT2D eigenvalue weighted by Gasteiger charge is 2.03. The van der Waals surface area contributed by atoms with Crippen molar-refractivity contribution in [1.82, 2.24) is 9.97 Å². The summed E-state index contributed by atoms with van der Waals surface area (Å²) >= 11 is 0. The van der Waals surface area contributed by atoms with Crippen molar-refractivity contribution in [3.8, 4) is 0 Å². The minimum atomic E-state index is -0.272. The van der Waals surface area contributed by atoms with Crippen LogP contribution in [-0.2, 0) is 6.42 Å². The molecule has 0 saturated carbocycles. The van der Waals surface area contributed by atoms with E-state index in [1.165, 1.54) is 12.1 Å². The van der Waals surface area contributed by atoms with Gasteiger partial charge in [-0.25, -0.2) is 14.4 Å². The number of hydrogen-bond acceptors (Lipinski definition) is 3. The summed E-state index contributed by atoms with van der Waals surface area (Å²) in [4.78, 5) is 8.43. The molecule has 0 spiro atoms. The van der Waals surface area contributed by atoms with E-state index < -0.39 is 0 Å².